The zero-order valence-corrected chi connectivity index (χ0v) is 23.7. The summed E-state index contributed by atoms with van der Waals surface area (Å²) in [6, 6.07) is 7.62. The van der Waals surface area contributed by atoms with E-state index in [9.17, 15) is 14.7 Å². The highest BCUT2D eigenvalue weighted by molar-refractivity contribution is 7.16. The van der Waals surface area contributed by atoms with Gasteiger partial charge in [0, 0.05) is 42.1 Å². The molecule has 12 heteroatoms. The van der Waals surface area contributed by atoms with Gasteiger partial charge in [-0.15, -0.1) is 11.3 Å². The molecule has 4 heterocycles. The number of carbonyl (C=O) groups excluding carboxylic acids is 2. The monoisotopic (exact) mass is 589 g/mol. The fourth-order valence-electron chi connectivity index (χ4n) is 4.79. The second-order valence-electron chi connectivity index (χ2n) is 9.59. The van der Waals surface area contributed by atoms with Gasteiger partial charge in [0.2, 0.25) is 11.9 Å². The van der Waals surface area contributed by atoms with Gasteiger partial charge in [0.25, 0.3) is 5.91 Å². The number of anilines is 1. The predicted molar refractivity (Wildman–Crippen MR) is 151 cm³/mol. The van der Waals surface area contributed by atoms with Gasteiger partial charge in [-0.2, -0.15) is 0 Å². The first-order valence-corrected chi connectivity index (χ1v) is 14.4. The summed E-state index contributed by atoms with van der Waals surface area (Å²) in [5.41, 5.74) is 1.80. The van der Waals surface area contributed by atoms with Crippen LogP contribution < -0.4 is 10.6 Å². The van der Waals surface area contributed by atoms with Crippen LogP contribution in [0, 0.1) is 0 Å². The molecule has 2 aliphatic rings. The Balaban J connectivity index is 1.30. The Morgan fingerprint density at radius 1 is 1.28 bits per heavy atom. The Morgan fingerprint density at radius 2 is 2.08 bits per heavy atom. The molecule has 3 N–H and O–H groups in total. The topological polar surface area (TPSA) is 117 Å². The van der Waals surface area contributed by atoms with E-state index in [0.29, 0.717) is 59.0 Å². The Hall–Kier alpha value is -2.76. The molecule has 1 fully saturated rings. The average Bonchev–Trinajstić information content (AvgIpc) is 3.38. The smallest absolute Gasteiger partial charge is 0.255 e. The number of carbonyl (C=O) groups is 2. The number of halogens is 2. The van der Waals surface area contributed by atoms with E-state index in [1.54, 1.807) is 48.4 Å². The van der Waals surface area contributed by atoms with Crippen LogP contribution in [0.15, 0.2) is 36.5 Å². The third-order valence-corrected chi connectivity index (χ3v) is 8.72. The number of hydrogen-bond donors (Lipinski definition) is 3. The molecular formula is C27H29Cl2N5O4S. The first-order valence-electron chi connectivity index (χ1n) is 12.8. The lowest BCUT2D eigenvalue weighted by Gasteiger charge is -2.32. The molecule has 0 spiro atoms. The van der Waals surface area contributed by atoms with Crippen LogP contribution in [0.3, 0.4) is 0 Å². The van der Waals surface area contributed by atoms with Crippen molar-refractivity contribution in [3.8, 4) is 10.6 Å². The number of benzene rings is 1. The SMILES string of the molecule is C[C@@H](C(=O)N[C@H](CO)c1cccc(Cl)c1)N1CCc2sc(-c3nc(NC4CCOCC4)ncc3Cl)cc2C1=O. The summed E-state index contributed by atoms with van der Waals surface area (Å²) in [4.78, 5) is 38.8. The molecule has 2 atom stereocenters. The van der Waals surface area contributed by atoms with E-state index in [0.717, 1.165) is 22.6 Å². The van der Waals surface area contributed by atoms with Crippen molar-refractivity contribution < 1.29 is 19.4 Å². The number of ether oxygens (including phenoxy) is 1. The van der Waals surface area contributed by atoms with Gasteiger partial charge in [0.15, 0.2) is 0 Å². The summed E-state index contributed by atoms with van der Waals surface area (Å²) in [7, 11) is 0. The van der Waals surface area contributed by atoms with Gasteiger partial charge in [-0.05, 0) is 43.5 Å². The van der Waals surface area contributed by atoms with Crippen LogP contribution in [0.2, 0.25) is 10.0 Å². The molecule has 0 saturated carbocycles. The molecule has 0 aliphatic carbocycles. The Labute approximate surface area is 240 Å². The molecule has 39 heavy (non-hydrogen) atoms. The van der Waals surface area contributed by atoms with E-state index < -0.39 is 12.1 Å². The second kappa shape index (κ2) is 12.2. The largest absolute Gasteiger partial charge is 0.394 e. The number of thiophene rings is 1. The van der Waals surface area contributed by atoms with Gasteiger partial charge in [-0.1, -0.05) is 35.3 Å². The third-order valence-electron chi connectivity index (χ3n) is 7.01. The minimum absolute atomic E-state index is 0.226. The molecule has 2 aliphatic heterocycles. The molecule has 1 saturated heterocycles. The van der Waals surface area contributed by atoms with Crippen molar-refractivity contribution in [3.05, 3.63) is 62.6 Å². The van der Waals surface area contributed by atoms with Gasteiger partial charge < -0.3 is 25.4 Å². The number of aliphatic hydroxyl groups excluding tert-OH is 1. The Bertz CT molecular complexity index is 1360. The van der Waals surface area contributed by atoms with Crippen LogP contribution in [0.5, 0.6) is 0 Å². The number of hydrogen-bond acceptors (Lipinski definition) is 8. The van der Waals surface area contributed by atoms with E-state index in [1.165, 1.54) is 11.3 Å². The third kappa shape index (κ3) is 6.20. The predicted octanol–water partition coefficient (Wildman–Crippen LogP) is 4.34. The fraction of sp³-hybridized carbons (Fsp3) is 0.407. The summed E-state index contributed by atoms with van der Waals surface area (Å²) < 4.78 is 5.42. The maximum atomic E-state index is 13.5. The van der Waals surface area contributed by atoms with Crippen molar-refractivity contribution in [1.82, 2.24) is 20.2 Å². The number of nitrogens with one attached hydrogen (secondary N) is 2. The molecule has 0 bridgehead atoms. The van der Waals surface area contributed by atoms with Gasteiger partial charge in [0.1, 0.15) is 11.7 Å². The van der Waals surface area contributed by atoms with Crippen molar-refractivity contribution >= 4 is 52.3 Å². The minimum atomic E-state index is -0.736. The molecule has 3 aromatic rings. The Kier molecular flexibility index (Phi) is 8.68. The molecule has 9 nitrogen and oxygen atoms in total. The molecule has 206 valence electrons. The van der Waals surface area contributed by atoms with Crippen LogP contribution >= 0.6 is 34.5 Å². The van der Waals surface area contributed by atoms with Crippen molar-refractivity contribution in [2.24, 2.45) is 0 Å². The fourth-order valence-corrected chi connectivity index (χ4v) is 6.38. The van der Waals surface area contributed by atoms with Gasteiger partial charge in [-0.25, -0.2) is 9.97 Å². The minimum Gasteiger partial charge on any atom is -0.394 e. The molecule has 5 rings (SSSR count). The number of aromatic nitrogens is 2. The van der Waals surface area contributed by atoms with Gasteiger partial charge in [0.05, 0.1) is 34.3 Å². The van der Waals surface area contributed by atoms with E-state index in [-0.39, 0.29) is 24.5 Å². The molecule has 2 aromatic heterocycles. The molecular weight excluding hydrogens is 561 g/mol. The van der Waals surface area contributed by atoms with Crippen molar-refractivity contribution in [1.29, 1.82) is 0 Å². The highest BCUT2D eigenvalue weighted by Crippen LogP contribution is 2.37. The molecule has 2 amide bonds. The Morgan fingerprint density at radius 3 is 2.82 bits per heavy atom. The van der Waals surface area contributed by atoms with E-state index in [2.05, 4.69) is 20.6 Å². The molecule has 0 unspecified atom stereocenters. The second-order valence-corrected chi connectivity index (χ2v) is 11.6. The molecule has 0 radical (unpaired) electrons. The highest BCUT2D eigenvalue weighted by Gasteiger charge is 2.34. The zero-order valence-electron chi connectivity index (χ0n) is 21.3. The first-order chi connectivity index (χ1) is 18.8. The summed E-state index contributed by atoms with van der Waals surface area (Å²) >= 11 is 14.0. The highest BCUT2D eigenvalue weighted by atomic mass is 35.5. The lowest BCUT2D eigenvalue weighted by atomic mass is 10.0. The maximum absolute atomic E-state index is 13.5. The first kappa shape index (κ1) is 27.8. The molecule has 1 aromatic carbocycles. The average molecular weight is 591 g/mol. The van der Waals surface area contributed by atoms with Crippen LogP contribution in [0.1, 0.15) is 46.6 Å². The van der Waals surface area contributed by atoms with E-state index in [4.69, 9.17) is 27.9 Å². The number of aliphatic hydroxyl groups is 1. The van der Waals surface area contributed by atoms with E-state index in [1.807, 2.05) is 0 Å². The lowest BCUT2D eigenvalue weighted by molar-refractivity contribution is -0.126. The summed E-state index contributed by atoms with van der Waals surface area (Å²) in [6.45, 7) is 3.19. The van der Waals surface area contributed by atoms with E-state index >= 15 is 0 Å². The number of amides is 2. The van der Waals surface area contributed by atoms with Crippen LogP contribution in [0.4, 0.5) is 5.95 Å². The van der Waals surface area contributed by atoms with Crippen LogP contribution in [-0.4, -0.2) is 70.2 Å². The van der Waals surface area contributed by atoms with Crippen molar-refractivity contribution in [2.45, 2.75) is 44.3 Å². The van der Waals surface area contributed by atoms with Gasteiger partial charge in [-0.3, -0.25) is 9.59 Å². The van der Waals surface area contributed by atoms with Crippen LogP contribution in [0.25, 0.3) is 10.6 Å². The van der Waals surface area contributed by atoms with Crippen molar-refractivity contribution in [3.63, 3.8) is 0 Å². The summed E-state index contributed by atoms with van der Waals surface area (Å²) in [5, 5.41) is 17.0. The van der Waals surface area contributed by atoms with Crippen molar-refractivity contribution in [2.75, 3.05) is 31.7 Å². The standard InChI is InChI=1S/C27H29Cl2N5O4S/c1-15(25(36)32-21(14-35)16-3-2-4-17(28)11-16)34-8-5-22-19(26(34)37)12-23(39-22)24-20(29)13-30-27(33-24)31-18-6-9-38-10-7-18/h2-4,11-13,15,18,21,35H,5-10,14H2,1H3,(H,32,36)(H,30,31,33)/t15-,21+/m0/s1. The van der Waals surface area contributed by atoms with Gasteiger partial charge >= 0.3 is 0 Å². The maximum Gasteiger partial charge on any atom is 0.255 e. The number of rotatable bonds is 8. The summed E-state index contributed by atoms with van der Waals surface area (Å²) in [5.74, 6) is -0.0940. The normalized spacial score (nSPS) is 17.4. The summed E-state index contributed by atoms with van der Waals surface area (Å²) in [6.07, 6.45) is 3.94. The zero-order chi connectivity index (χ0) is 27.5. The quantitative estimate of drug-likeness (QED) is 0.358. The number of nitrogens with zero attached hydrogens (tertiary/aromatic N) is 3. The number of fused-ring (bicyclic) bond motifs is 1. The lowest BCUT2D eigenvalue weighted by Crippen LogP contribution is -2.51. The van der Waals surface area contributed by atoms with Crippen LogP contribution in [-0.2, 0) is 16.0 Å².